The minimum Gasteiger partial charge on any atom is -0.368 e. The first kappa shape index (κ1) is 23.6. The van der Waals surface area contributed by atoms with Gasteiger partial charge in [-0.2, -0.15) is 28.2 Å². The van der Waals surface area contributed by atoms with Gasteiger partial charge < -0.3 is 10.2 Å². The molecule has 1 saturated heterocycles. The molecule has 0 spiro atoms. The molecule has 2 unspecified atom stereocenters. The molecule has 1 aliphatic heterocycles. The van der Waals surface area contributed by atoms with Gasteiger partial charge in [0, 0.05) is 31.4 Å². The summed E-state index contributed by atoms with van der Waals surface area (Å²) in [6.07, 6.45) is 0.365. The third-order valence-corrected chi connectivity index (χ3v) is 5.84. The molecule has 1 fully saturated rings. The highest BCUT2D eigenvalue weighted by atomic mass is 19.4. The van der Waals surface area contributed by atoms with E-state index in [2.05, 4.69) is 20.5 Å². The Labute approximate surface area is 191 Å². The van der Waals surface area contributed by atoms with Crippen LogP contribution in [-0.2, 0) is 6.18 Å². The van der Waals surface area contributed by atoms with E-state index < -0.39 is 35.3 Å². The Morgan fingerprint density at radius 2 is 1.91 bits per heavy atom. The number of amides is 1. The monoisotopic (exact) mass is 480 g/mol. The van der Waals surface area contributed by atoms with Gasteiger partial charge >= 0.3 is 6.18 Å². The van der Waals surface area contributed by atoms with Crippen molar-refractivity contribution in [1.82, 2.24) is 24.9 Å². The molecule has 4 rings (SSSR count). The summed E-state index contributed by atoms with van der Waals surface area (Å²) in [7, 11) is 0. The molecule has 3 aromatic rings. The van der Waals surface area contributed by atoms with E-state index in [1.807, 2.05) is 6.92 Å². The number of benzene rings is 1. The lowest BCUT2D eigenvalue weighted by molar-refractivity contribution is -0.137. The predicted molar refractivity (Wildman–Crippen MR) is 112 cm³/mol. The van der Waals surface area contributed by atoms with Crippen LogP contribution in [0.25, 0.3) is 5.69 Å². The summed E-state index contributed by atoms with van der Waals surface area (Å²) >= 11 is 0. The first-order chi connectivity index (χ1) is 16.1. The Morgan fingerprint density at radius 3 is 2.56 bits per heavy atom. The highest BCUT2D eigenvalue weighted by Crippen LogP contribution is 2.30. The van der Waals surface area contributed by atoms with Crippen LogP contribution in [0.5, 0.6) is 0 Å². The zero-order valence-corrected chi connectivity index (χ0v) is 18.1. The van der Waals surface area contributed by atoms with E-state index >= 15 is 0 Å². The van der Waals surface area contributed by atoms with Gasteiger partial charge in [0.25, 0.3) is 5.91 Å². The molecule has 0 radical (unpaired) electrons. The van der Waals surface area contributed by atoms with Crippen LogP contribution in [0, 0.1) is 17.6 Å². The van der Waals surface area contributed by atoms with E-state index in [-0.39, 0.29) is 29.5 Å². The Kier molecular flexibility index (Phi) is 6.49. The average Bonchev–Trinajstić information content (AvgIpc) is 3.32. The molecule has 180 valence electrons. The molecule has 0 saturated carbocycles. The molecule has 1 amide bonds. The van der Waals surface area contributed by atoms with Crippen LogP contribution in [0.15, 0.2) is 42.9 Å². The maximum Gasteiger partial charge on any atom is 0.417 e. The van der Waals surface area contributed by atoms with Gasteiger partial charge in [0.2, 0.25) is 0 Å². The first-order valence-electron chi connectivity index (χ1n) is 10.6. The molecule has 2 aromatic heterocycles. The predicted octanol–water partition coefficient (Wildman–Crippen LogP) is 4.31. The Balaban J connectivity index is 1.59. The van der Waals surface area contributed by atoms with Crippen molar-refractivity contribution in [3.05, 3.63) is 65.6 Å². The quantitative estimate of drug-likeness (QED) is 0.551. The van der Waals surface area contributed by atoms with Gasteiger partial charge in [-0.05, 0) is 30.9 Å². The average molecular weight is 480 g/mol. The molecule has 1 aromatic carbocycles. The fourth-order valence-corrected chi connectivity index (χ4v) is 4.10. The fourth-order valence-electron chi connectivity index (χ4n) is 4.10. The standard InChI is InChI=1S/C22H21F5N6O/c1-13-3-2-8-32(18(13)12-29-19-5-4-14(11-28-19)22(25,26)27)21(34)20-16(24)9-15(23)10-17(20)33-30-6-7-31-33/h4-7,9-11,13,18H,2-3,8,12H2,1H3,(H,28,29). The number of alkyl halides is 3. The van der Waals surface area contributed by atoms with Crippen LogP contribution in [0.3, 0.4) is 0 Å². The number of piperidine rings is 1. The molecule has 0 bridgehead atoms. The molecule has 3 heterocycles. The molecule has 7 nitrogen and oxygen atoms in total. The molecule has 2 atom stereocenters. The lowest BCUT2D eigenvalue weighted by Gasteiger charge is -2.40. The summed E-state index contributed by atoms with van der Waals surface area (Å²) in [6.45, 7) is 2.45. The van der Waals surface area contributed by atoms with E-state index in [0.29, 0.717) is 19.0 Å². The smallest absolute Gasteiger partial charge is 0.368 e. The largest absolute Gasteiger partial charge is 0.417 e. The number of pyridine rings is 1. The van der Waals surface area contributed by atoms with Gasteiger partial charge in [0.15, 0.2) is 0 Å². The molecule has 0 aliphatic carbocycles. The van der Waals surface area contributed by atoms with E-state index in [4.69, 9.17) is 0 Å². The summed E-state index contributed by atoms with van der Waals surface area (Å²) in [5.41, 5.74) is -1.35. The number of aromatic nitrogens is 4. The van der Waals surface area contributed by atoms with Crippen molar-refractivity contribution in [1.29, 1.82) is 0 Å². The summed E-state index contributed by atoms with van der Waals surface area (Å²) in [4.78, 5) is 19.8. The van der Waals surface area contributed by atoms with Crippen LogP contribution < -0.4 is 5.32 Å². The van der Waals surface area contributed by atoms with Crippen LogP contribution in [0.4, 0.5) is 27.8 Å². The second kappa shape index (κ2) is 9.35. The van der Waals surface area contributed by atoms with Crippen LogP contribution in [-0.4, -0.2) is 49.9 Å². The van der Waals surface area contributed by atoms with E-state index in [1.165, 1.54) is 23.4 Å². The third kappa shape index (κ3) is 4.85. The van der Waals surface area contributed by atoms with Gasteiger partial charge in [0.05, 0.1) is 24.0 Å². The van der Waals surface area contributed by atoms with Gasteiger partial charge in [-0.1, -0.05) is 6.92 Å². The Morgan fingerprint density at radius 1 is 1.18 bits per heavy atom. The SMILES string of the molecule is CC1CCCN(C(=O)c2c(F)cc(F)cc2-n2nccn2)C1CNc1ccc(C(F)(F)F)cn1. The van der Waals surface area contributed by atoms with Crippen molar-refractivity contribution in [2.24, 2.45) is 5.92 Å². The van der Waals surface area contributed by atoms with E-state index in [9.17, 15) is 26.7 Å². The second-order valence-electron chi connectivity index (χ2n) is 8.10. The first-order valence-corrected chi connectivity index (χ1v) is 10.6. The summed E-state index contributed by atoms with van der Waals surface area (Å²) in [5, 5.41) is 10.8. The number of carbonyl (C=O) groups excluding carboxylic acids is 1. The highest BCUT2D eigenvalue weighted by Gasteiger charge is 2.35. The lowest BCUT2D eigenvalue weighted by Crippen LogP contribution is -2.51. The van der Waals surface area contributed by atoms with Crippen molar-refractivity contribution < 1.29 is 26.7 Å². The van der Waals surface area contributed by atoms with E-state index in [1.54, 1.807) is 0 Å². The lowest BCUT2D eigenvalue weighted by atomic mass is 9.90. The van der Waals surface area contributed by atoms with Gasteiger partial charge in [0.1, 0.15) is 28.7 Å². The molecular weight excluding hydrogens is 459 g/mol. The fraction of sp³-hybridized carbons (Fsp3) is 0.364. The molecular formula is C22H21F5N6O. The van der Waals surface area contributed by atoms with Crippen LogP contribution in [0.1, 0.15) is 35.7 Å². The summed E-state index contributed by atoms with van der Waals surface area (Å²) in [6, 6.07) is 3.34. The number of rotatable bonds is 5. The number of anilines is 1. The number of halogens is 5. The number of hydrogen-bond donors (Lipinski definition) is 1. The number of likely N-dealkylation sites (tertiary alicyclic amines) is 1. The molecule has 1 aliphatic rings. The normalized spacial score (nSPS) is 18.7. The Bertz CT molecular complexity index is 1150. The van der Waals surface area contributed by atoms with Crippen molar-refractivity contribution in [3.63, 3.8) is 0 Å². The van der Waals surface area contributed by atoms with Gasteiger partial charge in [-0.15, -0.1) is 0 Å². The zero-order valence-electron chi connectivity index (χ0n) is 18.1. The van der Waals surface area contributed by atoms with Crippen molar-refractivity contribution in [2.75, 3.05) is 18.4 Å². The number of hydrogen-bond acceptors (Lipinski definition) is 5. The van der Waals surface area contributed by atoms with Gasteiger partial charge in [-0.3, -0.25) is 4.79 Å². The number of nitrogens with zero attached hydrogens (tertiary/aromatic N) is 5. The minimum atomic E-state index is -4.49. The summed E-state index contributed by atoms with van der Waals surface area (Å²) in [5.74, 6) is -2.34. The minimum absolute atomic E-state index is 0.00874. The van der Waals surface area contributed by atoms with Gasteiger partial charge in [-0.25, -0.2) is 13.8 Å². The number of nitrogens with one attached hydrogen (secondary N) is 1. The molecule has 12 heteroatoms. The molecule has 34 heavy (non-hydrogen) atoms. The maximum atomic E-state index is 14.8. The number of carbonyl (C=O) groups is 1. The molecule has 1 N–H and O–H groups in total. The van der Waals surface area contributed by atoms with E-state index in [0.717, 1.165) is 29.5 Å². The topological polar surface area (TPSA) is 75.9 Å². The van der Waals surface area contributed by atoms with Crippen LogP contribution >= 0.6 is 0 Å². The van der Waals surface area contributed by atoms with Crippen molar-refractivity contribution >= 4 is 11.7 Å². The maximum absolute atomic E-state index is 14.8. The second-order valence-corrected chi connectivity index (χ2v) is 8.10. The summed E-state index contributed by atoms with van der Waals surface area (Å²) < 4.78 is 67.1. The zero-order chi connectivity index (χ0) is 24.5. The highest BCUT2D eigenvalue weighted by molar-refractivity contribution is 5.98. The third-order valence-electron chi connectivity index (χ3n) is 5.84. The van der Waals surface area contributed by atoms with Crippen molar-refractivity contribution in [2.45, 2.75) is 32.0 Å². The van der Waals surface area contributed by atoms with Crippen molar-refractivity contribution in [3.8, 4) is 5.69 Å². The van der Waals surface area contributed by atoms with Crippen LogP contribution in [0.2, 0.25) is 0 Å². The Hall–Kier alpha value is -3.57.